The molecule has 0 unspecified atom stereocenters. The summed E-state index contributed by atoms with van der Waals surface area (Å²) in [4.78, 5) is 44.7. The van der Waals surface area contributed by atoms with Crippen molar-refractivity contribution in [2.24, 2.45) is 0 Å². The van der Waals surface area contributed by atoms with Gasteiger partial charge in [-0.25, -0.2) is 4.79 Å². The zero-order chi connectivity index (χ0) is 20.2. The smallest absolute Gasteiger partial charge is 0.309 e. The van der Waals surface area contributed by atoms with Crippen molar-refractivity contribution in [2.45, 2.75) is 31.5 Å². The second-order valence-electron chi connectivity index (χ2n) is 7.08. The number of hydroxylamine groups is 2. The van der Waals surface area contributed by atoms with Crippen LogP contribution >= 0.6 is 0 Å². The van der Waals surface area contributed by atoms with Crippen LogP contribution in [0.1, 0.15) is 28.8 Å². The number of carbonyl (C=O) groups excluding carboxylic acids is 3. The lowest BCUT2D eigenvalue weighted by Crippen LogP contribution is -2.54. The van der Waals surface area contributed by atoms with Crippen molar-refractivity contribution in [1.82, 2.24) is 20.8 Å². The molecular formula is C21H22N4O4. The molecule has 2 fully saturated rings. The third-order valence-electron chi connectivity index (χ3n) is 5.17. The van der Waals surface area contributed by atoms with E-state index in [0.29, 0.717) is 31.6 Å². The highest BCUT2D eigenvalue weighted by molar-refractivity contribution is 5.96. The van der Waals surface area contributed by atoms with Gasteiger partial charge in [-0.15, -0.1) is 0 Å². The average Bonchev–Trinajstić information content (AvgIpc) is 3.01. The zero-order valence-electron chi connectivity index (χ0n) is 15.8. The molecule has 2 aromatic rings. The summed E-state index contributed by atoms with van der Waals surface area (Å²) in [7, 11) is 0. The van der Waals surface area contributed by atoms with Gasteiger partial charge in [0.1, 0.15) is 12.6 Å². The molecule has 29 heavy (non-hydrogen) atoms. The first-order valence-corrected chi connectivity index (χ1v) is 9.55. The SMILES string of the molecule is O=C(NNC(=O)[C@@H]1CC[C@@H]2CN1C(=O)N2OCc1ccccc1)c1ccccc1. The van der Waals surface area contributed by atoms with Crippen LogP contribution in [0.5, 0.6) is 0 Å². The minimum Gasteiger partial charge on any atom is -0.309 e. The summed E-state index contributed by atoms with van der Waals surface area (Å²) in [6.45, 7) is 0.721. The van der Waals surface area contributed by atoms with Crippen molar-refractivity contribution in [1.29, 1.82) is 0 Å². The Hall–Kier alpha value is -3.39. The van der Waals surface area contributed by atoms with Gasteiger partial charge in [0.05, 0.1) is 6.04 Å². The number of rotatable bonds is 5. The molecule has 150 valence electrons. The summed E-state index contributed by atoms with van der Waals surface area (Å²) in [5, 5.41) is 1.38. The van der Waals surface area contributed by atoms with Crippen LogP contribution in [-0.4, -0.2) is 46.4 Å². The fraction of sp³-hybridized carbons (Fsp3) is 0.286. The van der Waals surface area contributed by atoms with Crippen molar-refractivity contribution >= 4 is 17.8 Å². The summed E-state index contributed by atoms with van der Waals surface area (Å²) >= 11 is 0. The van der Waals surface area contributed by atoms with Gasteiger partial charge in [-0.3, -0.25) is 25.3 Å². The molecule has 0 saturated carbocycles. The lowest BCUT2D eigenvalue weighted by atomic mass is 10.0. The molecule has 2 atom stereocenters. The molecule has 2 aromatic carbocycles. The van der Waals surface area contributed by atoms with E-state index < -0.39 is 17.9 Å². The number of carbonyl (C=O) groups is 3. The second-order valence-corrected chi connectivity index (χ2v) is 7.08. The third-order valence-corrected chi connectivity index (χ3v) is 5.17. The van der Waals surface area contributed by atoms with Crippen LogP contribution in [0, 0.1) is 0 Å². The van der Waals surface area contributed by atoms with Gasteiger partial charge in [0, 0.05) is 12.1 Å². The van der Waals surface area contributed by atoms with Crippen LogP contribution in [-0.2, 0) is 16.2 Å². The molecule has 0 radical (unpaired) electrons. The number of hydrogen-bond donors (Lipinski definition) is 2. The van der Waals surface area contributed by atoms with Crippen LogP contribution < -0.4 is 10.9 Å². The van der Waals surface area contributed by atoms with E-state index in [-0.39, 0.29) is 12.1 Å². The van der Waals surface area contributed by atoms with Crippen molar-refractivity contribution < 1.29 is 19.2 Å². The predicted molar refractivity (Wildman–Crippen MR) is 104 cm³/mol. The Morgan fingerprint density at radius 2 is 1.66 bits per heavy atom. The number of nitrogens with one attached hydrogen (secondary N) is 2. The molecule has 8 nitrogen and oxygen atoms in total. The summed E-state index contributed by atoms with van der Waals surface area (Å²) in [5.41, 5.74) is 6.25. The molecule has 8 heteroatoms. The van der Waals surface area contributed by atoms with Gasteiger partial charge in [0.25, 0.3) is 11.8 Å². The molecule has 4 rings (SSSR count). The monoisotopic (exact) mass is 394 g/mol. The summed E-state index contributed by atoms with van der Waals surface area (Å²) < 4.78 is 0. The number of hydrazine groups is 1. The van der Waals surface area contributed by atoms with Crippen molar-refractivity contribution in [3.05, 3.63) is 71.8 Å². The fourth-order valence-corrected chi connectivity index (χ4v) is 3.65. The molecule has 2 aliphatic heterocycles. The Labute approximate surface area is 168 Å². The lowest BCUT2D eigenvalue weighted by molar-refractivity contribution is -0.140. The van der Waals surface area contributed by atoms with Gasteiger partial charge in [0.15, 0.2) is 0 Å². The van der Waals surface area contributed by atoms with Gasteiger partial charge in [0.2, 0.25) is 0 Å². The molecular weight excluding hydrogens is 372 g/mol. The highest BCUT2D eigenvalue weighted by Gasteiger charge is 2.48. The maximum atomic E-state index is 12.7. The first-order chi connectivity index (χ1) is 14.1. The Balaban J connectivity index is 1.33. The molecule has 2 bridgehead atoms. The number of benzene rings is 2. The minimum atomic E-state index is -0.639. The Kier molecular flexibility index (Phi) is 5.44. The van der Waals surface area contributed by atoms with Crippen LogP contribution in [0.25, 0.3) is 0 Å². The summed E-state index contributed by atoms with van der Waals surface area (Å²) in [6, 6.07) is 17.2. The van der Waals surface area contributed by atoms with E-state index in [4.69, 9.17) is 4.84 Å². The van der Waals surface area contributed by atoms with Crippen LogP contribution in [0.15, 0.2) is 60.7 Å². The number of amides is 4. The van der Waals surface area contributed by atoms with Gasteiger partial charge < -0.3 is 4.90 Å². The topological polar surface area (TPSA) is 91.0 Å². The van der Waals surface area contributed by atoms with Gasteiger partial charge in [-0.05, 0) is 30.5 Å². The number of hydrogen-bond acceptors (Lipinski definition) is 4. The number of urea groups is 1. The largest absolute Gasteiger partial charge is 0.345 e. The van der Waals surface area contributed by atoms with Crippen LogP contribution in [0.3, 0.4) is 0 Å². The summed E-state index contributed by atoms with van der Waals surface area (Å²) in [6.07, 6.45) is 1.16. The quantitative estimate of drug-likeness (QED) is 0.758. The van der Waals surface area contributed by atoms with E-state index in [1.165, 1.54) is 9.96 Å². The van der Waals surface area contributed by atoms with Crippen molar-refractivity contribution in [3.63, 3.8) is 0 Å². The Bertz CT molecular complexity index is 890. The first kappa shape index (κ1) is 18.9. The third kappa shape index (κ3) is 4.07. The summed E-state index contributed by atoms with van der Waals surface area (Å²) in [5.74, 6) is -0.820. The van der Waals surface area contributed by atoms with E-state index in [1.54, 1.807) is 30.3 Å². The fourth-order valence-electron chi connectivity index (χ4n) is 3.65. The normalized spacial score (nSPS) is 20.5. The molecule has 2 saturated heterocycles. The van der Waals surface area contributed by atoms with Crippen molar-refractivity contribution in [2.75, 3.05) is 6.54 Å². The maximum Gasteiger partial charge on any atom is 0.345 e. The van der Waals surface area contributed by atoms with E-state index in [0.717, 1.165) is 5.56 Å². The van der Waals surface area contributed by atoms with Crippen molar-refractivity contribution in [3.8, 4) is 0 Å². The maximum absolute atomic E-state index is 12.7. The number of piperidine rings is 1. The van der Waals surface area contributed by atoms with Gasteiger partial charge in [-0.1, -0.05) is 48.5 Å². The van der Waals surface area contributed by atoms with Crippen LogP contribution in [0.2, 0.25) is 0 Å². The minimum absolute atomic E-state index is 0.0748. The van der Waals surface area contributed by atoms with Gasteiger partial charge in [-0.2, -0.15) is 5.06 Å². The molecule has 4 amide bonds. The molecule has 2 aliphatic rings. The Morgan fingerprint density at radius 1 is 0.966 bits per heavy atom. The standard InChI is InChI=1S/C21H22N4O4/c26-19(16-9-5-2-6-10-16)22-23-20(27)18-12-11-17-13-24(18)21(28)25(17)29-14-15-7-3-1-4-8-15/h1-10,17-18H,11-14H2,(H,22,26)(H,23,27)/t17-,18+/m1/s1. The van der Waals surface area contributed by atoms with Gasteiger partial charge >= 0.3 is 6.03 Å². The molecule has 0 spiro atoms. The molecule has 0 aromatic heterocycles. The average molecular weight is 394 g/mol. The molecule has 2 heterocycles. The van der Waals surface area contributed by atoms with E-state index in [1.807, 2.05) is 30.3 Å². The number of nitrogens with zero attached hydrogens (tertiary/aromatic N) is 2. The predicted octanol–water partition coefficient (Wildman–Crippen LogP) is 1.85. The first-order valence-electron chi connectivity index (χ1n) is 9.55. The molecule has 0 aliphatic carbocycles. The Morgan fingerprint density at radius 3 is 2.38 bits per heavy atom. The number of fused-ring (bicyclic) bond motifs is 2. The van der Waals surface area contributed by atoms with Crippen LogP contribution in [0.4, 0.5) is 4.79 Å². The highest BCUT2D eigenvalue weighted by Crippen LogP contribution is 2.30. The second kappa shape index (κ2) is 8.32. The zero-order valence-corrected chi connectivity index (χ0v) is 15.8. The van der Waals surface area contributed by atoms with E-state index >= 15 is 0 Å². The van der Waals surface area contributed by atoms with E-state index in [2.05, 4.69) is 10.9 Å². The lowest BCUT2D eigenvalue weighted by Gasteiger charge is -2.29. The highest BCUT2D eigenvalue weighted by atomic mass is 16.7. The molecule has 2 N–H and O–H groups in total. The van der Waals surface area contributed by atoms with E-state index in [9.17, 15) is 14.4 Å².